The topological polar surface area (TPSA) is 72.8 Å². The SMILES string of the molecule is CC[C@H](C)CC(F)(F)C(O)CC[C@H]1CCC(OC(C)=O)C1CCCCCCC(=O)OC. The average Bonchev–Trinajstić information content (AvgIpc) is 3.08. The molecule has 1 aliphatic rings. The van der Waals surface area contributed by atoms with E-state index in [9.17, 15) is 23.5 Å². The Bertz CT molecular complexity index is 540. The quantitative estimate of drug-likeness (QED) is 0.258. The Balaban J connectivity index is 2.54. The zero-order valence-corrected chi connectivity index (χ0v) is 19.7. The molecule has 0 amide bonds. The first-order valence-corrected chi connectivity index (χ1v) is 11.9. The number of methoxy groups -OCH3 is 1. The van der Waals surface area contributed by atoms with Gasteiger partial charge in [-0.1, -0.05) is 39.5 Å². The molecule has 31 heavy (non-hydrogen) atoms. The van der Waals surface area contributed by atoms with Crippen LogP contribution in [0.1, 0.15) is 97.8 Å². The highest BCUT2D eigenvalue weighted by molar-refractivity contribution is 5.69. The van der Waals surface area contributed by atoms with E-state index in [1.54, 1.807) is 6.92 Å². The van der Waals surface area contributed by atoms with Crippen molar-refractivity contribution in [2.45, 2.75) is 116 Å². The van der Waals surface area contributed by atoms with E-state index in [1.807, 2.05) is 6.92 Å². The zero-order valence-electron chi connectivity index (χ0n) is 19.7. The molecule has 0 heterocycles. The maximum Gasteiger partial charge on any atom is 0.305 e. The Morgan fingerprint density at radius 3 is 2.42 bits per heavy atom. The van der Waals surface area contributed by atoms with Gasteiger partial charge in [0.25, 0.3) is 5.92 Å². The fourth-order valence-electron chi connectivity index (χ4n) is 4.68. The molecule has 0 spiro atoms. The van der Waals surface area contributed by atoms with Crippen LogP contribution in [0.5, 0.6) is 0 Å². The number of carbonyl (C=O) groups excluding carboxylic acids is 2. The van der Waals surface area contributed by atoms with Gasteiger partial charge in [0.05, 0.1) is 7.11 Å². The molecule has 5 nitrogen and oxygen atoms in total. The molecule has 0 aromatic carbocycles. The number of hydrogen-bond donors (Lipinski definition) is 1. The van der Waals surface area contributed by atoms with Crippen LogP contribution >= 0.6 is 0 Å². The highest BCUT2D eigenvalue weighted by atomic mass is 19.3. The summed E-state index contributed by atoms with van der Waals surface area (Å²) in [7, 11) is 1.38. The number of halogens is 2. The molecule has 1 saturated carbocycles. The second-order valence-corrected chi connectivity index (χ2v) is 9.25. The number of aliphatic hydroxyl groups excluding tert-OH is 1. The van der Waals surface area contributed by atoms with Gasteiger partial charge in [-0.2, -0.15) is 0 Å². The van der Waals surface area contributed by atoms with E-state index < -0.39 is 12.0 Å². The van der Waals surface area contributed by atoms with Gasteiger partial charge in [-0.05, 0) is 56.3 Å². The first-order chi connectivity index (χ1) is 14.6. The molecular formula is C24H42F2O5. The van der Waals surface area contributed by atoms with Crippen molar-refractivity contribution in [1.82, 2.24) is 0 Å². The number of esters is 2. The Labute approximate surface area is 186 Å². The summed E-state index contributed by atoms with van der Waals surface area (Å²) in [5.41, 5.74) is 0. The monoisotopic (exact) mass is 448 g/mol. The smallest absolute Gasteiger partial charge is 0.305 e. The highest BCUT2D eigenvalue weighted by Crippen LogP contribution is 2.41. The summed E-state index contributed by atoms with van der Waals surface area (Å²) in [4.78, 5) is 22.7. The summed E-state index contributed by atoms with van der Waals surface area (Å²) in [6.45, 7) is 5.06. The van der Waals surface area contributed by atoms with Crippen molar-refractivity contribution in [2.24, 2.45) is 17.8 Å². The minimum atomic E-state index is -3.07. The van der Waals surface area contributed by atoms with Gasteiger partial charge in [0.15, 0.2) is 0 Å². The van der Waals surface area contributed by atoms with Crippen LogP contribution in [0.3, 0.4) is 0 Å². The van der Waals surface area contributed by atoms with Crippen LogP contribution in [-0.2, 0) is 19.1 Å². The molecule has 0 aromatic rings. The molecule has 182 valence electrons. The van der Waals surface area contributed by atoms with Crippen LogP contribution in [-0.4, -0.2) is 42.3 Å². The van der Waals surface area contributed by atoms with E-state index in [2.05, 4.69) is 4.74 Å². The fourth-order valence-corrected chi connectivity index (χ4v) is 4.68. The van der Waals surface area contributed by atoms with Crippen molar-refractivity contribution in [3.05, 3.63) is 0 Å². The number of alkyl halides is 2. The number of unbranched alkanes of at least 4 members (excludes halogenated alkanes) is 3. The van der Waals surface area contributed by atoms with Crippen LogP contribution in [0.25, 0.3) is 0 Å². The second kappa shape index (κ2) is 14.0. The first kappa shape index (κ1) is 27.8. The zero-order chi connectivity index (χ0) is 23.4. The molecule has 0 bridgehead atoms. The van der Waals surface area contributed by atoms with Crippen LogP contribution in [0.15, 0.2) is 0 Å². The Kier molecular flexibility index (Phi) is 12.6. The Morgan fingerprint density at radius 1 is 1.13 bits per heavy atom. The molecular weight excluding hydrogens is 406 g/mol. The molecule has 5 atom stereocenters. The molecule has 1 aliphatic carbocycles. The lowest BCUT2D eigenvalue weighted by atomic mass is 9.84. The van der Waals surface area contributed by atoms with Crippen LogP contribution < -0.4 is 0 Å². The number of aliphatic hydroxyl groups is 1. The molecule has 0 aromatic heterocycles. The minimum absolute atomic E-state index is 0.0660. The first-order valence-electron chi connectivity index (χ1n) is 11.9. The van der Waals surface area contributed by atoms with Gasteiger partial charge < -0.3 is 14.6 Å². The van der Waals surface area contributed by atoms with Crippen LogP contribution in [0.2, 0.25) is 0 Å². The Hall–Kier alpha value is -1.24. The summed E-state index contributed by atoms with van der Waals surface area (Å²) in [5.74, 6) is -3.40. The molecule has 1 fully saturated rings. The predicted molar refractivity (Wildman–Crippen MR) is 116 cm³/mol. The van der Waals surface area contributed by atoms with E-state index >= 15 is 0 Å². The van der Waals surface area contributed by atoms with Gasteiger partial charge in [0.1, 0.15) is 12.2 Å². The number of carbonyl (C=O) groups is 2. The molecule has 0 radical (unpaired) electrons. The maximum absolute atomic E-state index is 14.3. The fraction of sp³-hybridized carbons (Fsp3) is 0.917. The van der Waals surface area contributed by atoms with Crippen molar-refractivity contribution in [1.29, 1.82) is 0 Å². The van der Waals surface area contributed by atoms with E-state index in [4.69, 9.17) is 4.74 Å². The van der Waals surface area contributed by atoms with Crippen LogP contribution in [0.4, 0.5) is 8.78 Å². The van der Waals surface area contributed by atoms with Gasteiger partial charge in [0, 0.05) is 19.8 Å². The maximum atomic E-state index is 14.3. The van der Waals surface area contributed by atoms with Gasteiger partial charge in [-0.3, -0.25) is 9.59 Å². The second-order valence-electron chi connectivity index (χ2n) is 9.25. The molecule has 0 saturated heterocycles. The Morgan fingerprint density at radius 2 is 1.81 bits per heavy atom. The lowest BCUT2D eigenvalue weighted by molar-refractivity contribution is -0.148. The van der Waals surface area contributed by atoms with Gasteiger partial charge in [-0.15, -0.1) is 0 Å². The third-order valence-electron chi connectivity index (χ3n) is 6.73. The van der Waals surface area contributed by atoms with E-state index in [1.165, 1.54) is 14.0 Å². The third-order valence-corrected chi connectivity index (χ3v) is 6.73. The highest BCUT2D eigenvalue weighted by Gasteiger charge is 2.42. The van der Waals surface area contributed by atoms with Crippen molar-refractivity contribution < 1.29 is 33.0 Å². The van der Waals surface area contributed by atoms with Crippen LogP contribution in [0, 0.1) is 17.8 Å². The van der Waals surface area contributed by atoms with Gasteiger partial charge in [0.2, 0.25) is 0 Å². The van der Waals surface area contributed by atoms with E-state index in [0.29, 0.717) is 19.3 Å². The minimum Gasteiger partial charge on any atom is -0.469 e. The lowest BCUT2D eigenvalue weighted by Gasteiger charge is -2.28. The summed E-state index contributed by atoms with van der Waals surface area (Å²) < 4.78 is 38.8. The summed E-state index contributed by atoms with van der Waals surface area (Å²) in [5, 5.41) is 10.1. The summed E-state index contributed by atoms with van der Waals surface area (Å²) in [6.07, 6.45) is 5.61. The van der Waals surface area contributed by atoms with Crippen molar-refractivity contribution in [3.63, 3.8) is 0 Å². The average molecular weight is 449 g/mol. The molecule has 3 unspecified atom stereocenters. The van der Waals surface area contributed by atoms with Crippen molar-refractivity contribution in [3.8, 4) is 0 Å². The third kappa shape index (κ3) is 10.3. The summed E-state index contributed by atoms with van der Waals surface area (Å²) in [6, 6.07) is 0. The van der Waals surface area contributed by atoms with Gasteiger partial charge in [-0.25, -0.2) is 8.78 Å². The van der Waals surface area contributed by atoms with Crippen molar-refractivity contribution in [2.75, 3.05) is 7.11 Å². The summed E-state index contributed by atoms with van der Waals surface area (Å²) >= 11 is 0. The van der Waals surface area contributed by atoms with E-state index in [0.717, 1.165) is 44.9 Å². The number of hydrogen-bond acceptors (Lipinski definition) is 5. The number of ether oxygens (including phenoxy) is 2. The molecule has 7 heteroatoms. The van der Waals surface area contributed by atoms with Crippen molar-refractivity contribution >= 4 is 11.9 Å². The standard InChI is InChI=1S/C24H42F2O5/c1-5-17(2)16-24(25,26)22(28)15-13-19-12-14-21(31-18(3)27)20(19)10-8-6-7-9-11-23(29)30-4/h17,19-22,28H,5-16H2,1-4H3/t17-,19+,20?,21?,22?/m0/s1. The largest absolute Gasteiger partial charge is 0.469 e. The number of rotatable bonds is 15. The molecule has 0 aliphatic heterocycles. The predicted octanol–water partition coefficient (Wildman–Crippen LogP) is 5.67. The molecule has 1 rings (SSSR count). The van der Waals surface area contributed by atoms with Gasteiger partial charge >= 0.3 is 11.9 Å². The normalized spacial score (nSPS) is 23.4. The van der Waals surface area contributed by atoms with E-state index in [-0.39, 0.29) is 48.6 Å². The lowest BCUT2D eigenvalue weighted by Crippen LogP contribution is -2.35. The molecule has 1 N–H and O–H groups in total.